The van der Waals surface area contributed by atoms with Crippen LogP contribution in [0.15, 0.2) is 41.1 Å². The van der Waals surface area contributed by atoms with Crippen LogP contribution < -0.4 is 5.32 Å². The van der Waals surface area contributed by atoms with Gasteiger partial charge in [0, 0.05) is 18.1 Å². The normalized spacial score (nSPS) is 15.4. The molecule has 0 aliphatic carbocycles. The van der Waals surface area contributed by atoms with Gasteiger partial charge in [0.1, 0.15) is 5.76 Å². The van der Waals surface area contributed by atoms with Crippen molar-refractivity contribution in [2.75, 3.05) is 18.4 Å². The van der Waals surface area contributed by atoms with Gasteiger partial charge in [0.2, 0.25) is 0 Å². The third-order valence-corrected chi connectivity index (χ3v) is 3.40. The molecule has 0 saturated carbocycles. The fourth-order valence-electron chi connectivity index (χ4n) is 2.37. The van der Waals surface area contributed by atoms with Crippen LogP contribution >= 0.6 is 0 Å². The Bertz CT molecular complexity index is 574. The molecule has 0 bridgehead atoms. The van der Waals surface area contributed by atoms with Crippen LogP contribution in [0.1, 0.15) is 29.2 Å². The number of furan rings is 1. The molecule has 1 N–H and O–H groups in total. The van der Waals surface area contributed by atoms with E-state index >= 15 is 0 Å². The van der Waals surface area contributed by atoms with Crippen molar-refractivity contribution in [3.05, 3.63) is 48.2 Å². The first kappa shape index (κ1) is 12.9. The Labute approximate surface area is 117 Å². The monoisotopic (exact) mass is 271 g/mol. The second-order valence-corrected chi connectivity index (χ2v) is 4.94. The van der Waals surface area contributed by atoms with Crippen LogP contribution in [0.3, 0.4) is 0 Å². The Hall–Kier alpha value is -2.14. The lowest BCUT2D eigenvalue weighted by Crippen LogP contribution is -2.18. The Morgan fingerprint density at radius 3 is 2.70 bits per heavy atom. The van der Waals surface area contributed by atoms with Gasteiger partial charge in [0.25, 0.3) is 5.91 Å². The van der Waals surface area contributed by atoms with Crippen molar-refractivity contribution in [3.8, 4) is 0 Å². The van der Waals surface area contributed by atoms with E-state index in [1.807, 2.05) is 6.07 Å². The highest BCUT2D eigenvalue weighted by Crippen LogP contribution is 2.16. The third kappa shape index (κ3) is 3.05. The van der Waals surface area contributed by atoms with Gasteiger partial charge >= 0.3 is 0 Å². The zero-order valence-electron chi connectivity index (χ0n) is 11.2. The molecule has 2 aromatic rings. The van der Waals surface area contributed by atoms with Gasteiger partial charge in [-0.15, -0.1) is 0 Å². The zero-order chi connectivity index (χ0) is 13.8. The number of hydrogen-bond donors (Lipinski definition) is 1. The highest BCUT2D eigenvalue weighted by atomic mass is 16.4. The lowest BCUT2D eigenvalue weighted by molar-refractivity contribution is 0.0993. The molecule has 0 radical (unpaired) electrons. The molecule has 0 aromatic carbocycles. The largest absolute Gasteiger partial charge is 0.455 e. The minimum Gasteiger partial charge on any atom is -0.455 e. The predicted molar refractivity (Wildman–Crippen MR) is 75.4 cm³/mol. The average Bonchev–Trinajstić information content (AvgIpc) is 3.12. The summed E-state index contributed by atoms with van der Waals surface area (Å²) >= 11 is 0. The highest BCUT2D eigenvalue weighted by molar-refractivity contribution is 6.02. The Kier molecular flexibility index (Phi) is 3.78. The van der Waals surface area contributed by atoms with Crippen LogP contribution in [0.4, 0.5) is 5.69 Å². The summed E-state index contributed by atoms with van der Waals surface area (Å²) in [5.74, 6) is 0.951. The molecule has 1 aliphatic heterocycles. The molecular formula is C15H17N3O2. The summed E-state index contributed by atoms with van der Waals surface area (Å²) in [6.45, 7) is 3.00. The molecule has 3 heterocycles. The lowest BCUT2D eigenvalue weighted by atomic mass is 10.3. The predicted octanol–water partition coefficient (Wildman–Crippen LogP) is 2.52. The topological polar surface area (TPSA) is 58.4 Å². The van der Waals surface area contributed by atoms with Crippen molar-refractivity contribution in [3.63, 3.8) is 0 Å². The molecule has 1 fully saturated rings. The summed E-state index contributed by atoms with van der Waals surface area (Å²) in [7, 11) is 0. The number of hydrogen-bond acceptors (Lipinski definition) is 4. The molecule has 104 valence electrons. The number of aromatic nitrogens is 1. The molecule has 0 spiro atoms. The molecule has 5 nitrogen and oxygen atoms in total. The van der Waals surface area contributed by atoms with Crippen molar-refractivity contribution in [1.29, 1.82) is 0 Å². The lowest BCUT2D eigenvalue weighted by Gasteiger charge is -2.11. The standard InChI is InChI=1S/C15H17N3O2/c19-15(17-12-5-7-16-8-6-12)14-4-3-13(20-14)11-18-9-1-2-10-18/h3-8H,1-2,9-11H2,(H,16,17,19). The molecule has 3 rings (SSSR count). The van der Waals surface area contributed by atoms with E-state index in [0.717, 1.165) is 25.4 Å². The van der Waals surface area contributed by atoms with Crippen LogP contribution in [-0.2, 0) is 6.54 Å². The summed E-state index contributed by atoms with van der Waals surface area (Å²) in [6.07, 6.45) is 5.76. The first-order valence-corrected chi connectivity index (χ1v) is 6.84. The van der Waals surface area contributed by atoms with Crippen molar-refractivity contribution in [1.82, 2.24) is 9.88 Å². The number of anilines is 1. The summed E-state index contributed by atoms with van der Waals surface area (Å²) < 4.78 is 5.61. The van der Waals surface area contributed by atoms with E-state index in [0.29, 0.717) is 11.4 Å². The first-order chi connectivity index (χ1) is 9.81. The maximum atomic E-state index is 12.0. The number of amides is 1. The molecule has 20 heavy (non-hydrogen) atoms. The summed E-state index contributed by atoms with van der Waals surface area (Å²) in [5.41, 5.74) is 0.711. The molecule has 2 aromatic heterocycles. The number of nitrogens with zero attached hydrogens (tertiary/aromatic N) is 2. The molecular weight excluding hydrogens is 254 g/mol. The quantitative estimate of drug-likeness (QED) is 0.928. The average molecular weight is 271 g/mol. The van der Waals surface area contributed by atoms with E-state index in [-0.39, 0.29) is 5.91 Å². The molecule has 1 saturated heterocycles. The van der Waals surface area contributed by atoms with Gasteiger partial charge in [-0.1, -0.05) is 0 Å². The van der Waals surface area contributed by atoms with E-state index in [1.54, 1.807) is 30.6 Å². The van der Waals surface area contributed by atoms with Crippen molar-refractivity contribution in [2.24, 2.45) is 0 Å². The van der Waals surface area contributed by atoms with Crippen LogP contribution in [-0.4, -0.2) is 28.9 Å². The summed E-state index contributed by atoms with van der Waals surface area (Å²) in [6, 6.07) is 7.08. The van der Waals surface area contributed by atoms with E-state index in [2.05, 4.69) is 15.2 Å². The maximum absolute atomic E-state index is 12.0. The Balaban J connectivity index is 1.62. The highest BCUT2D eigenvalue weighted by Gasteiger charge is 2.16. The van der Waals surface area contributed by atoms with Crippen LogP contribution in [0.5, 0.6) is 0 Å². The second-order valence-electron chi connectivity index (χ2n) is 4.94. The molecule has 0 atom stereocenters. The van der Waals surface area contributed by atoms with Gasteiger partial charge in [0.05, 0.1) is 6.54 Å². The van der Waals surface area contributed by atoms with E-state index < -0.39 is 0 Å². The fraction of sp³-hybridized carbons (Fsp3) is 0.333. The van der Waals surface area contributed by atoms with Gasteiger partial charge in [-0.3, -0.25) is 14.7 Å². The minimum atomic E-state index is -0.233. The van der Waals surface area contributed by atoms with E-state index in [4.69, 9.17) is 4.42 Å². The van der Waals surface area contributed by atoms with Gasteiger partial charge in [-0.05, 0) is 50.2 Å². The fourth-order valence-corrected chi connectivity index (χ4v) is 2.37. The van der Waals surface area contributed by atoms with E-state index in [9.17, 15) is 4.79 Å². The molecule has 0 unspecified atom stereocenters. The van der Waals surface area contributed by atoms with Gasteiger partial charge in [0.15, 0.2) is 5.76 Å². The van der Waals surface area contributed by atoms with Crippen molar-refractivity contribution in [2.45, 2.75) is 19.4 Å². The van der Waals surface area contributed by atoms with Gasteiger partial charge in [-0.2, -0.15) is 0 Å². The Morgan fingerprint density at radius 2 is 1.95 bits per heavy atom. The Morgan fingerprint density at radius 1 is 1.20 bits per heavy atom. The third-order valence-electron chi connectivity index (χ3n) is 3.40. The van der Waals surface area contributed by atoms with Crippen molar-refractivity contribution < 1.29 is 9.21 Å². The minimum absolute atomic E-state index is 0.233. The van der Waals surface area contributed by atoms with Gasteiger partial charge < -0.3 is 9.73 Å². The number of rotatable bonds is 4. The summed E-state index contributed by atoms with van der Waals surface area (Å²) in [5, 5.41) is 2.78. The maximum Gasteiger partial charge on any atom is 0.291 e. The second kappa shape index (κ2) is 5.88. The first-order valence-electron chi connectivity index (χ1n) is 6.84. The number of pyridine rings is 1. The number of likely N-dealkylation sites (tertiary alicyclic amines) is 1. The number of nitrogens with one attached hydrogen (secondary N) is 1. The molecule has 1 amide bonds. The van der Waals surface area contributed by atoms with Crippen LogP contribution in [0.25, 0.3) is 0 Å². The van der Waals surface area contributed by atoms with Crippen molar-refractivity contribution >= 4 is 11.6 Å². The smallest absolute Gasteiger partial charge is 0.291 e. The number of carbonyl (C=O) groups is 1. The number of carbonyl (C=O) groups excluding carboxylic acids is 1. The van der Waals surface area contributed by atoms with E-state index in [1.165, 1.54) is 12.8 Å². The summed E-state index contributed by atoms with van der Waals surface area (Å²) in [4.78, 5) is 18.3. The SMILES string of the molecule is O=C(Nc1ccncc1)c1ccc(CN2CCCC2)o1. The molecule has 5 heteroatoms. The zero-order valence-corrected chi connectivity index (χ0v) is 11.2. The van der Waals surface area contributed by atoms with Crippen LogP contribution in [0, 0.1) is 0 Å². The van der Waals surface area contributed by atoms with Crippen LogP contribution in [0.2, 0.25) is 0 Å². The molecule has 1 aliphatic rings. The van der Waals surface area contributed by atoms with Gasteiger partial charge in [-0.25, -0.2) is 0 Å².